The van der Waals surface area contributed by atoms with Gasteiger partial charge in [-0.3, -0.25) is 9.52 Å². The summed E-state index contributed by atoms with van der Waals surface area (Å²) in [6.45, 7) is 0.595. The number of anilines is 2. The molecule has 2 aromatic rings. The van der Waals surface area contributed by atoms with Gasteiger partial charge in [-0.25, -0.2) is 8.42 Å². The number of hydrogen-bond donors (Lipinski definition) is 1. The Labute approximate surface area is 161 Å². The molecule has 1 saturated heterocycles. The van der Waals surface area contributed by atoms with E-state index < -0.39 is 10.0 Å². The molecule has 1 aliphatic rings. The van der Waals surface area contributed by atoms with Gasteiger partial charge in [-0.15, -0.1) is 0 Å². The number of sulfonamides is 1. The van der Waals surface area contributed by atoms with Crippen molar-refractivity contribution in [2.75, 3.05) is 23.3 Å². The molecular weight excluding hydrogens is 420 g/mol. The molecule has 1 amide bonds. The Bertz CT molecular complexity index is 913. The second-order valence-corrected chi connectivity index (χ2v) is 8.55. The van der Waals surface area contributed by atoms with Gasteiger partial charge in [0.1, 0.15) is 5.75 Å². The smallest absolute Gasteiger partial charge is 0.261 e. The van der Waals surface area contributed by atoms with Gasteiger partial charge in [-0.05, 0) is 55.3 Å². The Morgan fingerprint density at radius 3 is 2.50 bits per heavy atom. The molecule has 138 valence electrons. The summed E-state index contributed by atoms with van der Waals surface area (Å²) >= 11 is 3.29. The summed E-state index contributed by atoms with van der Waals surface area (Å²) in [6, 6.07) is 11.3. The summed E-state index contributed by atoms with van der Waals surface area (Å²) in [7, 11) is -2.20. The van der Waals surface area contributed by atoms with Crippen LogP contribution < -0.4 is 14.4 Å². The molecule has 2 aromatic carbocycles. The zero-order valence-electron chi connectivity index (χ0n) is 14.2. The van der Waals surface area contributed by atoms with Gasteiger partial charge in [0, 0.05) is 17.4 Å². The SMILES string of the molecule is COc1ccc(NS(=O)(=O)c2ccc(Br)cc2)cc1N1CCCCC1=O. The highest BCUT2D eigenvalue weighted by Crippen LogP contribution is 2.34. The van der Waals surface area contributed by atoms with Crippen molar-refractivity contribution in [2.45, 2.75) is 24.2 Å². The number of benzene rings is 2. The average molecular weight is 439 g/mol. The topological polar surface area (TPSA) is 75.7 Å². The number of amides is 1. The van der Waals surface area contributed by atoms with E-state index in [-0.39, 0.29) is 10.8 Å². The highest BCUT2D eigenvalue weighted by molar-refractivity contribution is 9.10. The first-order valence-electron chi connectivity index (χ1n) is 8.17. The van der Waals surface area contributed by atoms with Gasteiger partial charge >= 0.3 is 0 Å². The fourth-order valence-electron chi connectivity index (χ4n) is 2.85. The molecule has 1 heterocycles. The highest BCUT2D eigenvalue weighted by Gasteiger charge is 2.23. The Kier molecular flexibility index (Phi) is 5.52. The second-order valence-electron chi connectivity index (χ2n) is 5.95. The molecule has 0 bridgehead atoms. The number of piperidine rings is 1. The second kappa shape index (κ2) is 7.67. The fraction of sp³-hybridized carbons (Fsp3) is 0.278. The molecule has 1 fully saturated rings. The first-order chi connectivity index (χ1) is 12.4. The molecule has 6 nitrogen and oxygen atoms in total. The van der Waals surface area contributed by atoms with E-state index in [4.69, 9.17) is 4.74 Å². The third kappa shape index (κ3) is 4.02. The normalized spacial score (nSPS) is 15.0. The van der Waals surface area contributed by atoms with E-state index in [2.05, 4.69) is 20.7 Å². The Morgan fingerprint density at radius 2 is 1.85 bits per heavy atom. The lowest BCUT2D eigenvalue weighted by atomic mass is 10.1. The first-order valence-corrected chi connectivity index (χ1v) is 10.4. The number of ether oxygens (including phenoxy) is 1. The first kappa shape index (κ1) is 18.7. The molecule has 0 aliphatic carbocycles. The molecule has 0 unspecified atom stereocenters. The summed E-state index contributed by atoms with van der Waals surface area (Å²) in [4.78, 5) is 14.1. The maximum atomic E-state index is 12.6. The van der Waals surface area contributed by atoms with Crippen LogP contribution >= 0.6 is 15.9 Å². The van der Waals surface area contributed by atoms with Crippen LogP contribution in [0.2, 0.25) is 0 Å². The van der Waals surface area contributed by atoms with Gasteiger partial charge in [0.25, 0.3) is 10.0 Å². The van der Waals surface area contributed by atoms with Crippen LogP contribution in [0.3, 0.4) is 0 Å². The summed E-state index contributed by atoms with van der Waals surface area (Å²) in [5.74, 6) is 0.550. The van der Waals surface area contributed by atoms with Gasteiger partial charge < -0.3 is 9.64 Å². The minimum atomic E-state index is -3.73. The molecule has 3 rings (SSSR count). The van der Waals surface area contributed by atoms with Crippen LogP contribution in [0.25, 0.3) is 0 Å². The largest absolute Gasteiger partial charge is 0.495 e. The Morgan fingerprint density at radius 1 is 1.12 bits per heavy atom. The number of hydrogen-bond acceptors (Lipinski definition) is 4. The zero-order chi connectivity index (χ0) is 18.7. The summed E-state index contributed by atoms with van der Waals surface area (Å²) < 4.78 is 33.9. The van der Waals surface area contributed by atoms with Crippen LogP contribution in [0.1, 0.15) is 19.3 Å². The van der Waals surface area contributed by atoms with Crippen molar-refractivity contribution in [2.24, 2.45) is 0 Å². The maximum Gasteiger partial charge on any atom is 0.261 e. The Balaban J connectivity index is 1.92. The van der Waals surface area contributed by atoms with Crippen LogP contribution in [0.4, 0.5) is 11.4 Å². The van der Waals surface area contributed by atoms with Crippen molar-refractivity contribution in [1.82, 2.24) is 0 Å². The van der Waals surface area contributed by atoms with Gasteiger partial charge in [-0.2, -0.15) is 0 Å². The van der Waals surface area contributed by atoms with Crippen LogP contribution in [0.5, 0.6) is 5.75 Å². The molecule has 0 aromatic heterocycles. The van der Waals surface area contributed by atoms with Gasteiger partial charge in [0.2, 0.25) is 5.91 Å². The van der Waals surface area contributed by atoms with Crippen LogP contribution in [0, 0.1) is 0 Å². The van der Waals surface area contributed by atoms with E-state index in [1.807, 2.05) is 0 Å². The lowest BCUT2D eigenvalue weighted by Crippen LogP contribution is -2.35. The van der Waals surface area contributed by atoms with Crippen molar-refractivity contribution in [1.29, 1.82) is 0 Å². The standard InChI is InChI=1S/C18H19BrN2O4S/c1-25-17-10-7-14(12-16(17)21-11-3-2-4-18(21)22)20-26(23,24)15-8-5-13(19)6-9-15/h5-10,12,20H,2-4,11H2,1H3. The van der Waals surface area contributed by atoms with Crippen molar-refractivity contribution < 1.29 is 17.9 Å². The lowest BCUT2D eigenvalue weighted by molar-refractivity contribution is -0.119. The lowest BCUT2D eigenvalue weighted by Gasteiger charge is -2.28. The van der Waals surface area contributed by atoms with E-state index in [1.54, 1.807) is 35.2 Å². The molecular formula is C18H19BrN2O4S. The maximum absolute atomic E-state index is 12.6. The molecule has 0 spiro atoms. The fourth-order valence-corrected chi connectivity index (χ4v) is 4.17. The minimum Gasteiger partial charge on any atom is -0.495 e. The number of rotatable bonds is 5. The van der Waals surface area contributed by atoms with Crippen LogP contribution in [0.15, 0.2) is 51.8 Å². The van der Waals surface area contributed by atoms with E-state index in [0.717, 1.165) is 17.3 Å². The zero-order valence-corrected chi connectivity index (χ0v) is 16.6. The van der Waals surface area contributed by atoms with Crippen LogP contribution in [-0.4, -0.2) is 28.0 Å². The number of halogens is 1. The van der Waals surface area contributed by atoms with Gasteiger partial charge in [-0.1, -0.05) is 15.9 Å². The quantitative estimate of drug-likeness (QED) is 0.770. The predicted molar refractivity (Wildman–Crippen MR) is 104 cm³/mol. The highest BCUT2D eigenvalue weighted by atomic mass is 79.9. The third-order valence-electron chi connectivity index (χ3n) is 4.17. The molecule has 0 radical (unpaired) electrons. The molecule has 1 N–H and O–H groups in total. The molecule has 0 saturated carbocycles. The van der Waals surface area contributed by atoms with E-state index >= 15 is 0 Å². The van der Waals surface area contributed by atoms with Crippen molar-refractivity contribution in [3.8, 4) is 5.75 Å². The van der Waals surface area contributed by atoms with Crippen LogP contribution in [-0.2, 0) is 14.8 Å². The van der Waals surface area contributed by atoms with Crippen molar-refractivity contribution in [3.05, 3.63) is 46.9 Å². The summed E-state index contributed by atoms with van der Waals surface area (Å²) in [5, 5.41) is 0. The average Bonchev–Trinajstić information content (AvgIpc) is 2.62. The molecule has 0 atom stereocenters. The number of carbonyl (C=O) groups is 1. The molecule has 1 aliphatic heterocycles. The third-order valence-corrected chi connectivity index (χ3v) is 6.10. The van der Waals surface area contributed by atoms with E-state index in [9.17, 15) is 13.2 Å². The number of nitrogens with one attached hydrogen (secondary N) is 1. The number of carbonyl (C=O) groups excluding carboxylic acids is 1. The van der Waals surface area contributed by atoms with Gasteiger partial charge in [0.05, 0.1) is 23.4 Å². The molecule has 26 heavy (non-hydrogen) atoms. The Hall–Kier alpha value is -2.06. The minimum absolute atomic E-state index is 0.0162. The van der Waals surface area contributed by atoms with E-state index in [1.165, 1.54) is 19.2 Å². The number of methoxy groups -OCH3 is 1. The predicted octanol–water partition coefficient (Wildman–Crippen LogP) is 3.78. The summed E-state index contributed by atoms with van der Waals surface area (Å²) in [5.41, 5.74) is 0.954. The monoisotopic (exact) mass is 438 g/mol. The van der Waals surface area contributed by atoms with Gasteiger partial charge in [0.15, 0.2) is 0 Å². The van der Waals surface area contributed by atoms with Crippen molar-refractivity contribution in [3.63, 3.8) is 0 Å². The summed E-state index contributed by atoms with van der Waals surface area (Å²) in [6.07, 6.45) is 2.26. The van der Waals surface area contributed by atoms with E-state index in [0.29, 0.717) is 30.1 Å². The van der Waals surface area contributed by atoms with Crippen molar-refractivity contribution >= 4 is 43.2 Å². The number of nitrogens with zero attached hydrogens (tertiary/aromatic N) is 1. The molecule has 8 heteroatoms.